The Morgan fingerprint density at radius 2 is 2.20 bits per heavy atom. The lowest BCUT2D eigenvalue weighted by Crippen LogP contribution is -2.58. The third-order valence-electron chi connectivity index (χ3n) is 3.47. The molecule has 86 valence electrons. The number of aliphatic hydroxyl groups excluding tert-OH is 1. The van der Waals surface area contributed by atoms with E-state index >= 15 is 0 Å². The van der Waals surface area contributed by atoms with Crippen LogP contribution in [0.5, 0.6) is 0 Å². The zero-order valence-corrected chi connectivity index (χ0v) is 9.81. The van der Waals surface area contributed by atoms with Gasteiger partial charge in [0.25, 0.3) is 0 Å². The molecule has 1 aliphatic carbocycles. The number of nitrogens with one attached hydrogen (secondary N) is 1. The maximum absolute atomic E-state index is 11.9. The number of hydrogen-bond acceptors (Lipinski definition) is 3. The van der Waals surface area contributed by atoms with Crippen molar-refractivity contribution in [1.29, 1.82) is 0 Å². The maximum Gasteiger partial charge on any atom is 0.233 e. The van der Waals surface area contributed by atoms with Crippen LogP contribution in [-0.4, -0.2) is 34.2 Å². The van der Waals surface area contributed by atoms with Gasteiger partial charge < -0.3 is 10.4 Å². The van der Waals surface area contributed by atoms with Crippen LogP contribution in [0.15, 0.2) is 0 Å². The van der Waals surface area contributed by atoms with Crippen LogP contribution in [0.1, 0.15) is 38.5 Å². The maximum atomic E-state index is 11.9. The first-order chi connectivity index (χ1) is 7.26. The lowest BCUT2D eigenvalue weighted by molar-refractivity contribution is -0.124. The van der Waals surface area contributed by atoms with Crippen LogP contribution >= 0.6 is 11.8 Å². The highest BCUT2D eigenvalue weighted by molar-refractivity contribution is 8.00. The fourth-order valence-electron chi connectivity index (χ4n) is 2.22. The lowest BCUT2D eigenvalue weighted by atomic mass is 9.77. The summed E-state index contributed by atoms with van der Waals surface area (Å²) in [5.74, 6) is 1.25. The Balaban J connectivity index is 1.85. The first kappa shape index (κ1) is 11.3. The summed E-state index contributed by atoms with van der Waals surface area (Å²) in [5, 5.41) is 12.4. The van der Waals surface area contributed by atoms with Gasteiger partial charge >= 0.3 is 0 Å². The van der Waals surface area contributed by atoms with Crippen LogP contribution in [0.25, 0.3) is 0 Å². The molecule has 1 atom stereocenters. The molecule has 0 spiro atoms. The number of carbonyl (C=O) groups is 1. The minimum atomic E-state index is -0.269. The molecule has 1 amide bonds. The zero-order chi connectivity index (χ0) is 10.7. The lowest BCUT2D eigenvalue weighted by Gasteiger charge is -2.42. The van der Waals surface area contributed by atoms with Crippen molar-refractivity contribution in [2.45, 2.75) is 49.3 Å². The van der Waals surface area contributed by atoms with Crippen LogP contribution in [0, 0.1) is 0 Å². The first-order valence-corrected chi connectivity index (χ1v) is 6.85. The van der Waals surface area contributed by atoms with Gasteiger partial charge in [-0.3, -0.25) is 4.79 Å². The molecule has 2 aliphatic rings. The Morgan fingerprint density at radius 3 is 2.67 bits per heavy atom. The van der Waals surface area contributed by atoms with E-state index in [0.717, 1.165) is 37.9 Å². The largest absolute Gasteiger partial charge is 0.394 e. The van der Waals surface area contributed by atoms with Gasteiger partial charge in [0.05, 0.1) is 17.4 Å². The molecule has 1 saturated heterocycles. The van der Waals surface area contributed by atoms with Crippen molar-refractivity contribution in [3.8, 4) is 0 Å². The summed E-state index contributed by atoms with van der Waals surface area (Å²) in [4.78, 5) is 11.9. The zero-order valence-electron chi connectivity index (χ0n) is 9.00. The second kappa shape index (κ2) is 4.74. The second-order valence-electron chi connectivity index (χ2n) is 4.64. The third kappa shape index (κ3) is 2.48. The molecule has 0 aromatic carbocycles. The summed E-state index contributed by atoms with van der Waals surface area (Å²) < 4.78 is 0. The van der Waals surface area contributed by atoms with Crippen molar-refractivity contribution in [1.82, 2.24) is 5.32 Å². The minimum Gasteiger partial charge on any atom is -0.394 e. The number of rotatable bonds is 3. The van der Waals surface area contributed by atoms with E-state index in [1.54, 1.807) is 11.8 Å². The van der Waals surface area contributed by atoms with Gasteiger partial charge in [0.15, 0.2) is 0 Å². The molecule has 3 nitrogen and oxygen atoms in total. The Hall–Kier alpha value is -0.220. The second-order valence-corrected chi connectivity index (χ2v) is 5.95. The Morgan fingerprint density at radius 1 is 1.40 bits per heavy atom. The van der Waals surface area contributed by atoms with E-state index < -0.39 is 0 Å². The molecular weight excluding hydrogens is 210 g/mol. The van der Waals surface area contributed by atoms with Gasteiger partial charge in [-0.25, -0.2) is 0 Å². The molecule has 15 heavy (non-hydrogen) atoms. The summed E-state index contributed by atoms with van der Waals surface area (Å²) in [6.07, 6.45) is 6.40. The third-order valence-corrected chi connectivity index (χ3v) is 4.85. The Bertz CT molecular complexity index is 229. The average molecular weight is 229 g/mol. The summed E-state index contributed by atoms with van der Waals surface area (Å²) in [6.45, 7) is 0.0934. The SMILES string of the molecule is O=C(NC1(CO)CCC1)C1CCCCS1. The summed E-state index contributed by atoms with van der Waals surface area (Å²) in [5.41, 5.74) is -0.269. The quantitative estimate of drug-likeness (QED) is 0.767. The number of carbonyl (C=O) groups excluding carboxylic acids is 1. The number of aliphatic hydroxyl groups is 1. The van der Waals surface area contributed by atoms with Gasteiger partial charge in [-0.15, -0.1) is 11.8 Å². The molecule has 0 radical (unpaired) electrons. The molecule has 1 aliphatic heterocycles. The van der Waals surface area contributed by atoms with Crippen molar-refractivity contribution in [3.05, 3.63) is 0 Å². The van der Waals surface area contributed by atoms with Crippen molar-refractivity contribution in [2.75, 3.05) is 12.4 Å². The molecule has 1 unspecified atom stereocenters. The first-order valence-electron chi connectivity index (χ1n) is 5.80. The average Bonchev–Trinajstić information content (AvgIpc) is 2.24. The van der Waals surface area contributed by atoms with E-state index in [1.165, 1.54) is 6.42 Å². The van der Waals surface area contributed by atoms with Crippen LogP contribution in [0.3, 0.4) is 0 Å². The molecular formula is C11H19NO2S. The highest BCUT2D eigenvalue weighted by atomic mass is 32.2. The molecule has 0 aromatic heterocycles. The van der Waals surface area contributed by atoms with Crippen LogP contribution in [0.2, 0.25) is 0 Å². The van der Waals surface area contributed by atoms with E-state index in [9.17, 15) is 9.90 Å². The van der Waals surface area contributed by atoms with Gasteiger partial charge in [-0.05, 0) is 37.9 Å². The topological polar surface area (TPSA) is 49.3 Å². The van der Waals surface area contributed by atoms with E-state index in [2.05, 4.69) is 5.32 Å². The molecule has 2 rings (SSSR count). The van der Waals surface area contributed by atoms with Gasteiger partial charge in [-0.1, -0.05) is 6.42 Å². The standard InChI is InChI=1S/C11H19NO2S/c13-8-11(5-3-6-11)12-10(14)9-4-1-2-7-15-9/h9,13H,1-8H2,(H,12,14). The normalized spacial score (nSPS) is 29.3. The fraction of sp³-hybridized carbons (Fsp3) is 0.909. The molecule has 2 fully saturated rings. The van der Waals surface area contributed by atoms with Crippen LogP contribution in [-0.2, 0) is 4.79 Å². The predicted octanol–water partition coefficient (Wildman–Crippen LogP) is 1.30. The number of amides is 1. The monoisotopic (exact) mass is 229 g/mol. The van der Waals surface area contributed by atoms with Crippen LogP contribution < -0.4 is 5.32 Å². The number of thioether (sulfide) groups is 1. The van der Waals surface area contributed by atoms with Gasteiger partial charge in [-0.2, -0.15) is 0 Å². The Kier molecular flexibility index (Phi) is 3.57. The van der Waals surface area contributed by atoms with Gasteiger partial charge in [0.1, 0.15) is 0 Å². The Labute approximate surface area is 95.0 Å². The van der Waals surface area contributed by atoms with E-state index in [0.29, 0.717) is 0 Å². The van der Waals surface area contributed by atoms with E-state index in [4.69, 9.17) is 0 Å². The van der Waals surface area contributed by atoms with Gasteiger partial charge in [0, 0.05) is 0 Å². The van der Waals surface area contributed by atoms with Crippen molar-refractivity contribution >= 4 is 17.7 Å². The van der Waals surface area contributed by atoms with Crippen molar-refractivity contribution in [3.63, 3.8) is 0 Å². The molecule has 4 heteroatoms. The summed E-state index contributed by atoms with van der Waals surface area (Å²) in [6, 6.07) is 0. The van der Waals surface area contributed by atoms with Crippen LogP contribution in [0.4, 0.5) is 0 Å². The van der Waals surface area contributed by atoms with E-state index in [-0.39, 0.29) is 23.3 Å². The molecule has 0 aromatic rings. The molecule has 1 heterocycles. The fourth-order valence-corrected chi connectivity index (χ4v) is 3.41. The minimum absolute atomic E-state index is 0.0934. The van der Waals surface area contributed by atoms with Crippen molar-refractivity contribution in [2.24, 2.45) is 0 Å². The summed E-state index contributed by atoms with van der Waals surface area (Å²) in [7, 11) is 0. The highest BCUT2D eigenvalue weighted by Gasteiger charge is 2.39. The number of hydrogen-bond donors (Lipinski definition) is 2. The highest BCUT2D eigenvalue weighted by Crippen LogP contribution is 2.33. The molecule has 1 saturated carbocycles. The van der Waals surface area contributed by atoms with Gasteiger partial charge in [0.2, 0.25) is 5.91 Å². The summed E-state index contributed by atoms with van der Waals surface area (Å²) >= 11 is 1.76. The molecule has 0 bridgehead atoms. The predicted molar refractivity (Wildman–Crippen MR) is 61.9 cm³/mol. The molecule has 2 N–H and O–H groups in total. The van der Waals surface area contributed by atoms with E-state index in [1.807, 2.05) is 0 Å². The smallest absolute Gasteiger partial charge is 0.233 e. The van der Waals surface area contributed by atoms with Crippen molar-refractivity contribution < 1.29 is 9.90 Å².